The van der Waals surface area contributed by atoms with Crippen LogP contribution in [0.5, 0.6) is 0 Å². The molecule has 0 amide bonds. The van der Waals surface area contributed by atoms with Crippen molar-refractivity contribution in [3.8, 4) is 0 Å². The summed E-state index contributed by atoms with van der Waals surface area (Å²) in [5.41, 5.74) is -2.53. The van der Waals surface area contributed by atoms with Gasteiger partial charge >= 0.3 is 12.0 Å². The predicted octanol–water partition coefficient (Wildman–Crippen LogP) is 1.19. The molecule has 2 aliphatic rings. The predicted molar refractivity (Wildman–Crippen MR) is 46.2 cm³/mol. The van der Waals surface area contributed by atoms with Gasteiger partial charge in [-0.05, 0) is 12.3 Å². The molecule has 5 heteroatoms. The molecule has 15 heavy (non-hydrogen) atoms. The zero-order valence-electron chi connectivity index (χ0n) is 8.07. The minimum Gasteiger partial charge on any atom is -0.469 e. The lowest BCUT2D eigenvalue weighted by atomic mass is 9.89. The van der Waals surface area contributed by atoms with Gasteiger partial charge in [0.15, 0.2) is 0 Å². The number of rotatable bonds is 2. The van der Waals surface area contributed by atoms with Crippen LogP contribution in [0, 0.1) is 17.8 Å². The van der Waals surface area contributed by atoms with Gasteiger partial charge in [-0.25, -0.2) is 4.39 Å². The van der Waals surface area contributed by atoms with Crippen LogP contribution in [0.4, 0.5) is 8.78 Å². The van der Waals surface area contributed by atoms with E-state index in [-0.39, 0.29) is 6.42 Å². The Kier molecular flexibility index (Phi) is 2.13. The van der Waals surface area contributed by atoms with Crippen molar-refractivity contribution in [1.29, 1.82) is 0 Å². The van der Waals surface area contributed by atoms with E-state index in [1.54, 1.807) is 6.08 Å². The van der Waals surface area contributed by atoms with E-state index in [0.29, 0.717) is 0 Å². The van der Waals surface area contributed by atoms with Crippen molar-refractivity contribution in [2.24, 2.45) is 17.8 Å². The summed E-state index contributed by atoms with van der Waals surface area (Å²) < 4.78 is 31.0. The maximum absolute atomic E-state index is 13.9. The summed E-state index contributed by atoms with van der Waals surface area (Å²) in [7, 11) is 1.19. The quantitative estimate of drug-likeness (QED) is 0.395. The molecular formula is C10H10F2O3. The highest BCUT2D eigenvalue weighted by molar-refractivity contribution is 5.84. The van der Waals surface area contributed by atoms with Gasteiger partial charge in [0.05, 0.1) is 13.0 Å². The molecule has 2 aliphatic carbocycles. The number of allylic oxidation sites excluding steroid dienone is 2. The highest BCUT2D eigenvalue weighted by atomic mass is 19.2. The van der Waals surface area contributed by atoms with E-state index >= 15 is 0 Å². The van der Waals surface area contributed by atoms with Gasteiger partial charge in [-0.3, -0.25) is 9.59 Å². The first-order valence-electron chi connectivity index (χ1n) is 4.65. The van der Waals surface area contributed by atoms with Crippen LogP contribution in [0.2, 0.25) is 0 Å². The van der Waals surface area contributed by atoms with Gasteiger partial charge in [-0.1, -0.05) is 12.2 Å². The molecular weight excluding hydrogens is 206 g/mol. The zero-order valence-corrected chi connectivity index (χ0v) is 8.07. The first-order valence-corrected chi connectivity index (χ1v) is 4.65. The number of carbonyl (C=O) groups is 2. The normalized spacial score (nSPS) is 41.9. The van der Waals surface area contributed by atoms with Crippen molar-refractivity contribution in [2.45, 2.75) is 12.1 Å². The van der Waals surface area contributed by atoms with Crippen LogP contribution in [0.25, 0.3) is 0 Å². The lowest BCUT2D eigenvalue weighted by Crippen LogP contribution is -2.37. The van der Waals surface area contributed by atoms with Crippen molar-refractivity contribution in [2.75, 3.05) is 7.11 Å². The summed E-state index contributed by atoms with van der Waals surface area (Å²) >= 11 is 0. The van der Waals surface area contributed by atoms with Gasteiger partial charge in [-0.15, -0.1) is 0 Å². The Morgan fingerprint density at radius 3 is 2.60 bits per heavy atom. The van der Waals surface area contributed by atoms with Gasteiger partial charge < -0.3 is 4.74 Å². The van der Waals surface area contributed by atoms with Gasteiger partial charge in [0.25, 0.3) is 0 Å². The summed E-state index contributed by atoms with van der Waals surface area (Å²) in [5, 5.41) is 0. The summed E-state index contributed by atoms with van der Waals surface area (Å²) in [4.78, 5) is 21.9. The molecule has 0 spiro atoms. The Labute approximate surface area is 85.1 Å². The Balaban J connectivity index is 2.30. The molecule has 1 fully saturated rings. The minimum absolute atomic E-state index is 0.261. The Morgan fingerprint density at radius 2 is 2.13 bits per heavy atom. The van der Waals surface area contributed by atoms with Crippen LogP contribution in [-0.2, 0) is 14.3 Å². The highest BCUT2D eigenvalue weighted by Gasteiger charge is 2.62. The van der Waals surface area contributed by atoms with Gasteiger partial charge in [-0.2, -0.15) is 4.39 Å². The largest absolute Gasteiger partial charge is 0.469 e. The minimum atomic E-state index is -2.53. The molecule has 4 unspecified atom stereocenters. The highest BCUT2D eigenvalue weighted by Crippen LogP contribution is 2.53. The van der Waals surface area contributed by atoms with E-state index in [1.165, 1.54) is 13.2 Å². The number of fused-ring (bicyclic) bond motifs is 2. The van der Waals surface area contributed by atoms with Crippen LogP contribution in [-0.4, -0.2) is 24.8 Å². The maximum atomic E-state index is 13.9. The van der Waals surface area contributed by atoms with Crippen molar-refractivity contribution in [3.63, 3.8) is 0 Å². The van der Waals surface area contributed by atoms with Crippen molar-refractivity contribution in [1.82, 2.24) is 0 Å². The van der Waals surface area contributed by atoms with Gasteiger partial charge in [0.1, 0.15) is 0 Å². The van der Waals surface area contributed by atoms with E-state index in [9.17, 15) is 18.4 Å². The zero-order chi connectivity index (χ0) is 11.2. The molecule has 0 radical (unpaired) electrons. The lowest BCUT2D eigenvalue weighted by Gasteiger charge is -2.21. The molecule has 0 saturated heterocycles. The third-order valence-electron chi connectivity index (χ3n) is 3.28. The summed E-state index contributed by atoms with van der Waals surface area (Å²) in [6.07, 6.45) is 2.78. The molecule has 0 aromatic rings. The van der Waals surface area contributed by atoms with Crippen molar-refractivity contribution >= 4 is 12.0 Å². The fraction of sp³-hybridized carbons (Fsp3) is 0.600. The molecule has 2 rings (SSSR count). The third kappa shape index (κ3) is 1.22. The van der Waals surface area contributed by atoms with E-state index in [1.807, 2.05) is 0 Å². The van der Waals surface area contributed by atoms with Crippen LogP contribution < -0.4 is 0 Å². The van der Waals surface area contributed by atoms with Crippen LogP contribution in [0.15, 0.2) is 12.2 Å². The van der Waals surface area contributed by atoms with Crippen molar-refractivity contribution in [3.05, 3.63) is 12.2 Å². The molecule has 1 saturated carbocycles. The second kappa shape index (κ2) is 3.12. The number of hydrogen-bond acceptors (Lipinski definition) is 3. The second-order valence-corrected chi connectivity index (χ2v) is 3.96. The molecule has 0 heterocycles. The SMILES string of the molecule is COC(=O)C1C2C=CC1C(F)(C(=O)F)C2. The van der Waals surface area contributed by atoms with Crippen molar-refractivity contribution < 1.29 is 23.1 Å². The smallest absolute Gasteiger partial charge is 0.339 e. The molecule has 0 aliphatic heterocycles. The summed E-state index contributed by atoms with van der Waals surface area (Å²) in [6, 6.07) is -1.99. The standard InChI is InChI=1S/C10H10F2O3/c1-15-8(13)7-5-2-3-6(7)10(12,4-5)9(11)14/h2-3,5-7H,4H2,1H3. The van der Waals surface area contributed by atoms with Crippen LogP contribution in [0.1, 0.15) is 6.42 Å². The average molecular weight is 216 g/mol. The molecule has 3 nitrogen and oxygen atoms in total. The lowest BCUT2D eigenvalue weighted by molar-refractivity contribution is -0.149. The molecule has 0 aromatic carbocycles. The molecule has 4 atom stereocenters. The van der Waals surface area contributed by atoms with E-state index in [0.717, 1.165) is 0 Å². The number of carbonyl (C=O) groups excluding carboxylic acids is 2. The summed E-state index contributed by atoms with van der Waals surface area (Å²) in [6.45, 7) is 0. The monoisotopic (exact) mass is 216 g/mol. The van der Waals surface area contributed by atoms with E-state index < -0.39 is 35.4 Å². The topological polar surface area (TPSA) is 43.4 Å². The molecule has 2 bridgehead atoms. The molecule has 0 N–H and O–H groups in total. The first kappa shape index (κ1) is 10.3. The van der Waals surface area contributed by atoms with Crippen LogP contribution in [0.3, 0.4) is 0 Å². The second-order valence-electron chi connectivity index (χ2n) is 3.96. The number of hydrogen-bond donors (Lipinski definition) is 0. The number of methoxy groups -OCH3 is 1. The van der Waals surface area contributed by atoms with E-state index in [4.69, 9.17) is 0 Å². The number of esters is 1. The van der Waals surface area contributed by atoms with Gasteiger partial charge in [0, 0.05) is 5.92 Å². The fourth-order valence-electron chi connectivity index (χ4n) is 2.55. The summed E-state index contributed by atoms with van der Waals surface area (Å²) in [5.74, 6) is -2.77. The molecule has 0 aromatic heterocycles. The average Bonchev–Trinajstić information content (AvgIpc) is 2.71. The van der Waals surface area contributed by atoms with E-state index in [2.05, 4.69) is 4.74 Å². The Hall–Kier alpha value is -1.26. The Bertz CT molecular complexity index is 353. The number of halogens is 2. The third-order valence-corrected chi connectivity index (χ3v) is 3.28. The van der Waals surface area contributed by atoms with Gasteiger partial charge in [0.2, 0.25) is 5.67 Å². The molecule has 82 valence electrons. The Morgan fingerprint density at radius 1 is 1.47 bits per heavy atom. The maximum Gasteiger partial charge on any atom is 0.339 e. The number of alkyl halides is 1. The fourth-order valence-corrected chi connectivity index (χ4v) is 2.55. The first-order chi connectivity index (χ1) is 7.00. The number of ether oxygens (including phenoxy) is 1. The van der Waals surface area contributed by atoms with Crippen LogP contribution >= 0.6 is 0 Å².